The molecule has 28 heavy (non-hydrogen) atoms. The van der Waals surface area contributed by atoms with E-state index in [0.29, 0.717) is 27.7 Å². The number of carbonyl (C=O) groups excluding carboxylic acids is 2. The number of rotatable bonds is 6. The van der Waals surface area contributed by atoms with Gasteiger partial charge in [0.2, 0.25) is 0 Å². The maximum atomic E-state index is 12.6. The third-order valence-electron chi connectivity index (χ3n) is 4.10. The van der Waals surface area contributed by atoms with Crippen LogP contribution in [0.2, 0.25) is 5.02 Å². The summed E-state index contributed by atoms with van der Waals surface area (Å²) in [7, 11) is 3.80. The number of anilines is 2. The molecular formula is C21H20ClN3O2S. The molecule has 0 fully saturated rings. The zero-order valence-electron chi connectivity index (χ0n) is 15.5. The maximum Gasteiger partial charge on any atom is 0.261 e. The van der Waals surface area contributed by atoms with Crippen molar-refractivity contribution in [2.24, 2.45) is 0 Å². The Morgan fingerprint density at radius 2 is 1.79 bits per heavy atom. The van der Waals surface area contributed by atoms with Crippen LogP contribution in [0.5, 0.6) is 0 Å². The molecule has 0 bridgehead atoms. The van der Waals surface area contributed by atoms with Gasteiger partial charge in [-0.05, 0) is 47.3 Å². The van der Waals surface area contributed by atoms with Crippen LogP contribution >= 0.6 is 22.9 Å². The molecule has 0 saturated heterocycles. The number of amides is 2. The van der Waals surface area contributed by atoms with Gasteiger partial charge in [-0.15, -0.1) is 11.3 Å². The monoisotopic (exact) mass is 413 g/mol. The summed E-state index contributed by atoms with van der Waals surface area (Å²) in [6.45, 7) is 0.400. The van der Waals surface area contributed by atoms with Crippen molar-refractivity contribution in [3.05, 3.63) is 81.0 Å². The maximum absolute atomic E-state index is 12.6. The average molecular weight is 414 g/mol. The minimum atomic E-state index is -0.223. The van der Waals surface area contributed by atoms with Crippen LogP contribution in [0.3, 0.4) is 0 Å². The van der Waals surface area contributed by atoms with Gasteiger partial charge in [-0.25, -0.2) is 0 Å². The molecule has 3 rings (SSSR count). The molecule has 0 saturated carbocycles. The van der Waals surface area contributed by atoms with Gasteiger partial charge in [-0.3, -0.25) is 9.59 Å². The average Bonchev–Trinajstić information content (AvgIpc) is 3.21. The Morgan fingerprint density at radius 1 is 1.04 bits per heavy atom. The lowest BCUT2D eigenvalue weighted by Gasteiger charge is -2.18. The first-order valence-corrected chi connectivity index (χ1v) is 9.88. The quantitative estimate of drug-likeness (QED) is 0.618. The highest BCUT2D eigenvalue weighted by Gasteiger charge is 2.12. The molecule has 1 heterocycles. The second-order valence-electron chi connectivity index (χ2n) is 6.37. The highest BCUT2D eigenvalue weighted by atomic mass is 35.5. The number of nitrogens with one attached hydrogen (secondary N) is 2. The number of hydrogen-bond acceptors (Lipinski definition) is 4. The summed E-state index contributed by atoms with van der Waals surface area (Å²) in [4.78, 5) is 27.2. The Bertz CT molecular complexity index is 970. The Labute approximate surface area is 172 Å². The molecule has 0 spiro atoms. The Hall–Kier alpha value is -2.83. The summed E-state index contributed by atoms with van der Waals surface area (Å²) in [5.74, 6) is -0.325. The Kier molecular flexibility index (Phi) is 6.34. The number of nitrogens with zero attached hydrogens (tertiary/aromatic N) is 1. The van der Waals surface area contributed by atoms with Gasteiger partial charge in [0.1, 0.15) is 0 Å². The third kappa shape index (κ3) is 4.91. The number of halogens is 1. The molecule has 3 aromatic rings. The van der Waals surface area contributed by atoms with Crippen LogP contribution < -0.4 is 15.5 Å². The van der Waals surface area contributed by atoms with Crippen LogP contribution in [-0.4, -0.2) is 25.9 Å². The van der Waals surface area contributed by atoms with Crippen molar-refractivity contribution in [2.45, 2.75) is 6.54 Å². The van der Waals surface area contributed by atoms with Crippen molar-refractivity contribution in [1.82, 2.24) is 5.32 Å². The lowest BCUT2D eigenvalue weighted by molar-refractivity contribution is 0.0953. The van der Waals surface area contributed by atoms with Gasteiger partial charge in [0.15, 0.2) is 0 Å². The molecule has 7 heteroatoms. The smallest absolute Gasteiger partial charge is 0.261 e. The van der Waals surface area contributed by atoms with E-state index in [4.69, 9.17) is 11.6 Å². The summed E-state index contributed by atoms with van der Waals surface area (Å²) in [5.41, 5.74) is 2.96. The van der Waals surface area contributed by atoms with Gasteiger partial charge in [-0.2, -0.15) is 0 Å². The van der Waals surface area contributed by atoms with Gasteiger partial charge < -0.3 is 15.5 Å². The predicted molar refractivity (Wildman–Crippen MR) is 116 cm³/mol. The first-order valence-electron chi connectivity index (χ1n) is 8.63. The van der Waals surface area contributed by atoms with Crippen LogP contribution in [0.15, 0.2) is 60.0 Å². The normalized spacial score (nSPS) is 10.4. The Morgan fingerprint density at radius 3 is 2.43 bits per heavy atom. The third-order valence-corrected chi connectivity index (χ3v) is 5.21. The number of thiophene rings is 1. The van der Waals surface area contributed by atoms with Crippen molar-refractivity contribution in [3.8, 4) is 0 Å². The summed E-state index contributed by atoms with van der Waals surface area (Å²) in [5, 5.41) is 8.19. The first kappa shape index (κ1) is 19.9. The van der Waals surface area contributed by atoms with E-state index < -0.39 is 0 Å². The van der Waals surface area contributed by atoms with Crippen LogP contribution in [0.25, 0.3) is 0 Å². The predicted octanol–water partition coefficient (Wildman–Crippen LogP) is 4.65. The van der Waals surface area contributed by atoms with Crippen molar-refractivity contribution in [1.29, 1.82) is 0 Å². The van der Waals surface area contributed by atoms with Gasteiger partial charge in [0.25, 0.3) is 11.8 Å². The molecule has 2 aromatic carbocycles. The second-order valence-corrected chi connectivity index (χ2v) is 7.75. The minimum absolute atomic E-state index is 0.103. The van der Waals surface area contributed by atoms with E-state index in [2.05, 4.69) is 10.6 Å². The molecule has 0 aliphatic heterocycles. The van der Waals surface area contributed by atoms with Crippen molar-refractivity contribution in [2.75, 3.05) is 24.3 Å². The summed E-state index contributed by atoms with van der Waals surface area (Å²) in [6.07, 6.45) is 0. The van der Waals surface area contributed by atoms with E-state index in [0.717, 1.165) is 11.3 Å². The number of benzene rings is 2. The fraction of sp³-hybridized carbons (Fsp3) is 0.143. The molecule has 144 valence electrons. The second kappa shape index (κ2) is 8.91. The van der Waals surface area contributed by atoms with E-state index in [9.17, 15) is 9.59 Å². The topological polar surface area (TPSA) is 61.4 Å². The van der Waals surface area contributed by atoms with Crippen LogP contribution in [-0.2, 0) is 6.54 Å². The largest absolute Gasteiger partial charge is 0.376 e. The first-order chi connectivity index (χ1) is 13.4. The van der Waals surface area contributed by atoms with Gasteiger partial charge >= 0.3 is 0 Å². The van der Waals surface area contributed by atoms with Gasteiger partial charge in [-0.1, -0.05) is 29.8 Å². The molecule has 1 aromatic heterocycles. The SMILES string of the molecule is CN(C)c1ccc(Cl)cc1NC(=O)c1ccc(CNC(=O)c2cccs2)cc1. The van der Waals surface area contributed by atoms with E-state index >= 15 is 0 Å². The molecule has 0 radical (unpaired) electrons. The number of hydrogen-bond donors (Lipinski definition) is 2. The van der Waals surface area contributed by atoms with Crippen LogP contribution in [0.4, 0.5) is 11.4 Å². The highest BCUT2D eigenvalue weighted by molar-refractivity contribution is 7.12. The summed E-state index contributed by atoms with van der Waals surface area (Å²) < 4.78 is 0. The van der Waals surface area contributed by atoms with Crippen molar-refractivity contribution >= 4 is 46.1 Å². The van der Waals surface area contributed by atoms with E-state index in [-0.39, 0.29) is 11.8 Å². The van der Waals surface area contributed by atoms with Gasteiger partial charge in [0.05, 0.1) is 16.3 Å². The lowest BCUT2D eigenvalue weighted by atomic mass is 10.1. The van der Waals surface area contributed by atoms with Crippen LogP contribution in [0.1, 0.15) is 25.6 Å². The van der Waals surface area contributed by atoms with Crippen molar-refractivity contribution < 1.29 is 9.59 Å². The fourth-order valence-corrected chi connectivity index (χ4v) is 3.46. The number of carbonyl (C=O) groups is 2. The standard InChI is InChI=1S/C21H20ClN3O2S/c1-25(2)18-10-9-16(22)12-17(18)24-20(26)15-7-5-14(6-8-15)13-23-21(27)19-4-3-11-28-19/h3-12H,13H2,1-2H3,(H,23,27)(H,24,26). The molecule has 0 aliphatic rings. The fourth-order valence-electron chi connectivity index (χ4n) is 2.64. The van der Waals surface area contributed by atoms with Crippen LogP contribution in [0, 0.1) is 0 Å². The van der Waals surface area contributed by atoms with E-state index in [1.807, 2.05) is 48.6 Å². The molecule has 5 nitrogen and oxygen atoms in total. The molecule has 2 N–H and O–H groups in total. The molecule has 2 amide bonds. The molecule has 0 unspecified atom stereocenters. The highest BCUT2D eigenvalue weighted by Crippen LogP contribution is 2.28. The zero-order valence-corrected chi connectivity index (χ0v) is 17.1. The molecule has 0 atom stereocenters. The molecular weight excluding hydrogens is 394 g/mol. The minimum Gasteiger partial charge on any atom is -0.376 e. The zero-order chi connectivity index (χ0) is 20.1. The summed E-state index contributed by atoms with van der Waals surface area (Å²) >= 11 is 7.47. The Balaban J connectivity index is 1.64. The van der Waals surface area contributed by atoms with E-state index in [1.54, 1.807) is 30.3 Å². The van der Waals surface area contributed by atoms with Crippen molar-refractivity contribution in [3.63, 3.8) is 0 Å². The summed E-state index contributed by atoms with van der Waals surface area (Å²) in [6, 6.07) is 16.1. The molecule has 0 aliphatic carbocycles. The lowest BCUT2D eigenvalue weighted by Crippen LogP contribution is -2.21. The van der Waals surface area contributed by atoms with Gasteiger partial charge in [0, 0.05) is 31.2 Å². The van der Waals surface area contributed by atoms with E-state index in [1.165, 1.54) is 11.3 Å².